The number of ether oxygens (including phenoxy) is 4. The summed E-state index contributed by atoms with van der Waals surface area (Å²) < 4.78 is 52.1. The average molecular weight is 807 g/mol. The molecule has 0 saturated carbocycles. The molecule has 1 aromatic carbocycles. The number of benzene rings is 1. The molecule has 0 aliphatic carbocycles. The van der Waals surface area contributed by atoms with Crippen LogP contribution in [0.5, 0.6) is 0 Å². The summed E-state index contributed by atoms with van der Waals surface area (Å²) in [5.41, 5.74) is 5.85. The van der Waals surface area contributed by atoms with Crippen molar-refractivity contribution in [3.05, 3.63) is 81.7 Å². The van der Waals surface area contributed by atoms with Crippen molar-refractivity contribution in [2.45, 2.75) is 68.8 Å². The average Bonchev–Trinajstić information content (AvgIpc) is 3.85. The second-order valence-corrected chi connectivity index (χ2v) is 16.4. The number of methoxy groups -OCH3 is 1. The molecule has 4 aromatic rings. The molecule has 2 aliphatic heterocycles. The standard InChI is InChI=1S/C32H39N8O13PS/c1-17(42)37-19(10-18-6-4-3-5-7-18)31(45)49-16-55-54(47,53-26-21(12-41)52-30(27(26)48-2)39-9-8-23(44)38-32(39)46)50-13-22-20(43)11-24(51-22)40-15-36-25-28(33)34-14-35-29(25)40/h3-9,14-15,19-22,24,26-27,30,41,43H,10-13,16H2,1-2H3,(H,37,42)(H2,33,34,35)(H,38,44,46)/t19?,20-,21-,22-,24-,26?,27+,30-,54?/m1/s1. The number of rotatable bonds is 16. The van der Waals surface area contributed by atoms with E-state index in [1.807, 2.05) is 0 Å². The quantitative estimate of drug-likeness (QED) is 0.0566. The number of nitrogen functional groups attached to an aromatic ring is 1. The van der Waals surface area contributed by atoms with Crippen molar-refractivity contribution in [3.63, 3.8) is 0 Å². The molecule has 6 N–H and O–H groups in total. The fourth-order valence-electron chi connectivity index (χ4n) is 6.15. The predicted octanol–water partition coefficient (Wildman–Crippen LogP) is 0.00300. The van der Waals surface area contributed by atoms with Crippen LogP contribution in [0.15, 0.2) is 64.8 Å². The Hall–Kier alpha value is -4.51. The van der Waals surface area contributed by atoms with Gasteiger partial charge in [0.15, 0.2) is 17.7 Å². The van der Waals surface area contributed by atoms with Crippen molar-refractivity contribution in [3.8, 4) is 0 Å². The molecule has 0 spiro atoms. The number of anilines is 1. The zero-order valence-corrected chi connectivity index (χ0v) is 31.1. The maximum Gasteiger partial charge on any atom is 0.392 e. The van der Waals surface area contributed by atoms with Crippen LogP contribution in [0, 0.1) is 0 Å². The number of nitrogens with two attached hydrogens (primary N) is 1. The highest BCUT2D eigenvalue weighted by Gasteiger charge is 2.51. The summed E-state index contributed by atoms with van der Waals surface area (Å²) in [7, 11) is 1.27. The number of H-pyrrole nitrogens is 1. The van der Waals surface area contributed by atoms with E-state index < -0.39 is 98.1 Å². The molecular formula is C32H39N8O13PS. The number of aliphatic hydroxyl groups excluding tert-OH is 2. The lowest BCUT2D eigenvalue weighted by atomic mass is 10.1. The van der Waals surface area contributed by atoms with Gasteiger partial charge in [-0.15, -0.1) is 0 Å². The van der Waals surface area contributed by atoms with E-state index in [9.17, 15) is 34.0 Å². The molecule has 3 aromatic heterocycles. The maximum atomic E-state index is 14.6. The Bertz CT molecular complexity index is 2140. The van der Waals surface area contributed by atoms with E-state index in [2.05, 4.69) is 25.3 Å². The van der Waals surface area contributed by atoms with Gasteiger partial charge in [-0.25, -0.2) is 29.1 Å². The second-order valence-electron chi connectivity index (χ2n) is 12.4. The highest BCUT2D eigenvalue weighted by Crippen LogP contribution is 2.63. The van der Waals surface area contributed by atoms with Gasteiger partial charge in [0.25, 0.3) is 5.56 Å². The fraction of sp³-hybridized carbons (Fsp3) is 0.469. The maximum absolute atomic E-state index is 14.6. The number of nitrogens with one attached hydrogen (secondary N) is 2. The summed E-state index contributed by atoms with van der Waals surface area (Å²) in [5, 5.41) is 23.8. The summed E-state index contributed by atoms with van der Waals surface area (Å²) >= 11 is 0.459. The lowest BCUT2D eigenvalue weighted by Gasteiger charge is -2.28. The largest absolute Gasteiger partial charge is 0.452 e. The Morgan fingerprint density at radius 1 is 1.13 bits per heavy atom. The van der Waals surface area contributed by atoms with Crippen molar-refractivity contribution in [2.75, 3.05) is 32.0 Å². The fourth-order valence-corrected chi connectivity index (χ4v) is 8.96. The van der Waals surface area contributed by atoms with Crippen LogP contribution >= 0.6 is 18.2 Å². The summed E-state index contributed by atoms with van der Waals surface area (Å²) in [4.78, 5) is 64.0. The minimum absolute atomic E-state index is 0.0651. The van der Waals surface area contributed by atoms with Gasteiger partial charge in [0.2, 0.25) is 5.91 Å². The van der Waals surface area contributed by atoms with Crippen molar-refractivity contribution >= 4 is 47.0 Å². The number of nitrogens with zero attached hydrogens (tertiary/aromatic N) is 5. The van der Waals surface area contributed by atoms with Crippen molar-refractivity contribution in [2.24, 2.45) is 0 Å². The van der Waals surface area contributed by atoms with Gasteiger partial charge < -0.3 is 40.2 Å². The topological polar surface area (TPSA) is 284 Å². The van der Waals surface area contributed by atoms with E-state index >= 15 is 0 Å². The first-order chi connectivity index (χ1) is 26.4. The summed E-state index contributed by atoms with van der Waals surface area (Å²) in [5.74, 6) is -1.76. The van der Waals surface area contributed by atoms with Crippen LogP contribution in [-0.4, -0.2) is 114 Å². The van der Waals surface area contributed by atoms with Crippen molar-refractivity contribution in [1.82, 2.24) is 34.4 Å². The van der Waals surface area contributed by atoms with Crippen molar-refractivity contribution < 1.29 is 52.4 Å². The molecule has 23 heteroatoms. The Morgan fingerprint density at radius 3 is 2.62 bits per heavy atom. The highest BCUT2D eigenvalue weighted by atomic mass is 32.7. The first kappa shape index (κ1) is 40.2. The van der Waals surface area contributed by atoms with Crippen LogP contribution in [0.2, 0.25) is 0 Å². The van der Waals surface area contributed by atoms with Gasteiger partial charge >= 0.3 is 18.5 Å². The summed E-state index contributed by atoms with van der Waals surface area (Å²) in [6.07, 6.45) is -3.97. The molecule has 2 aliphatic rings. The van der Waals surface area contributed by atoms with E-state index in [1.54, 1.807) is 34.9 Å². The summed E-state index contributed by atoms with van der Waals surface area (Å²) in [6, 6.07) is 8.90. The van der Waals surface area contributed by atoms with Crippen LogP contribution in [0.3, 0.4) is 0 Å². The number of fused-ring (bicyclic) bond motifs is 1. The zero-order chi connectivity index (χ0) is 39.3. The Morgan fingerprint density at radius 2 is 1.91 bits per heavy atom. The van der Waals surface area contributed by atoms with Gasteiger partial charge in [-0.1, -0.05) is 30.3 Å². The number of esters is 1. The number of hydrogen-bond donors (Lipinski definition) is 5. The van der Waals surface area contributed by atoms with Crippen molar-refractivity contribution in [1.29, 1.82) is 0 Å². The van der Waals surface area contributed by atoms with Gasteiger partial charge in [0, 0.05) is 50.5 Å². The molecule has 0 radical (unpaired) electrons. The number of hydrogen-bond acceptors (Lipinski definition) is 18. The molecule has 2 saturated heterocycles. The molecule has 0 bridgehead atoms. The van der Waals surface area contributed by atoms with E-state index in [0.29, 0.717) is 22.5 Å². The van der Waals surface area contributed by atoms with Crippen LogP contribution in [0.25, 0.3) is 11.2 Å². The van der Waals surface area contributed by atoms with E-state index in [0.717, 1.165) is 16.2 Å². The minimum atomic E-state index is -4.50. The normalized spacial score (nSPS) is 25.4. The molecule has 9 atom stereocenters. The zero-order valence-electron chi connectivity index (χ0n) is 29.4. The molecule has 55 heavy (non-hydrogen) atoms. The van der Waals surface area contributed by atoms with Gasteiger partial charge in [-0.05, 0) is 5.56 Å². The Balaban J connectivity index is 1.21. The van der Waals surface area contributed by atoms with Crippen LogP contribution in [0.4, 0.5) is 5.82 Å². The third-order valence-electron chi connectivity index (χ3n) is 8.77. The molecule has 6 rings (SSSR count). The SMILES string of the molecule is CO[C@H]1C(OP(=O)(OC[C@H]2O[C@@H](n3cnc4c(N)ncnc43)C[C@H]2O)SCOC(=O)C(Cc2ccccc2)NC(C)=O)[C@@H](CO)O[C@H]1n1ccc(=O)[nH]c1=O. The van der Waals surface area contributed by atoms with Gasteiger partial charge in [0.1, 0.15) is 54.5 Å². The second kappa shape index (κ2) is 17.5. The monoisotopic (exact) mass is 806 g/mol. The number of carbonyl (C=O) groups is 2. The van der Waals surface area contributed by atoms with Crippen LogP contribution in [-0.2, 0) is 48.6 Å². The van der Waals surface area contributed by atoms with Crippen LogP contribution in [0.1, 0.15) is 31.4 Å². The first-order valence-electron chi connectivity index (χ1n) is 16.8. The Labute approximate surface area is 315 Å². The smallest absolute Gasteiger partial charge is 0.392 e. The Kier molecular flexibility index (Phi) is 12.8. The first-order valence-corrected chi connectivity index (χ1v) is 19.9. The lowest BCUT2D eigenvalue weighted by Crippen LogP contribution is -2.42. The van der Waals surface area contributed by atoms with Crippen LogP contribution < -0.4 is 22.3 Å². The molecule has 21 nitrogen and oxygen atoms in total. The molecule has 296 valence electrons. The van der Waals surface area contributed by atoms with E-state index in [1.165, 1.54) is 32.9 Å². The van der Waals surface area contributed by atoms with E-state index in [-0.39, 0.29) is 18.7 Å². The minimum Gasteiger partial charge on any atom is -0.452 e. The molecule has 1 amide bonds. The number of aliphatic hydroxyl groups is 2. The highest BCUT2D eigenvalue weighted by molar-refractivity contribution is 8.55. The van der Waals surface area contributed by atoms with E-state index in [4.69, 9.17) is 33.7 Å². The summed E-state index contributed by atoms with van der Waals surface area (Å²) in [6.45, 7) is -4.44. The third kappa shape index (κ3) is 9.31. The predicted molar refractivity (Wildman–Crippen MR) is 192 cm³/mol. The number of carbonyl (C=O) groups excluding carboxylic acids is 2. The number of aromatic amines is 1. The van der Waals surface area contributed by atoms with Gasteiger partial charge in [-0.3, -0.25) is 32.8 Å². The lowest BCUT2D eigenvalue weighted by molar-refractivity contribution is -0.145. The molecule has 3 unspecified atom stereocenters. The number of aromatic nitrogens is 6. The van der Waals surface area contributed by atoms with Gasteiger partial charge in [-0.2, -0.15) is 0 Å². The number of amides is 1. The molecule has 2 fully saturated rings. The molecule has 5 heterocycles. The van der Waals surface area contributed by atoms with Gasteiger partial charge in [0.05, 0.1) is 25.6 Å². The molecular weight excluding hydrogens is 767 g/mol. The third-order valence-corrected chi connectivity index (χ3v) is 12.1. The number of imidazole rings is 1.